The molecule has 6 nitrogen and oxygen atoms in total. The average molecular weight is 430 g/mol. The summed E-state index contributed by atoms with van der Waals surface area (Å²) in [6.45, 7) is 2.13. The third kappa shape index (κ3) is 5.70. The van der Waals surface area contributed by atoms with E-state index in [1.54, 1.807) is 46.6 Å². The van der Waals surface area contributed by atoms with Gasteiger partial charge in [-0.1, -0.05) is 25.8 Å². The van der Waals surface area contributed by atoms with E-state index in [9.17, 15) is 4.79 Å². The lowest BCUT2D eigenvalue weighted by molar-refractivity contribution is 0.0832. The van der Waals surface area contributed by atoms with Crippen molar-refractivity contribution in [1.29, 1.82) is 0 Å². The predicted molar refractivity (Wildman–Crippen MR) is 123 cm³/mol. The van der Waals surface area contributed by atoms with Crippen LogP contribution in [0.2, 0.25) is 0 Å². The van der Waals surface area contributed by atoms with Gasteiger partial charge in [-0.15, -0.1) is 0 Å². The van der Waals surface area contributed by atoms with E-state index in [1.165, 1.54) is 0 Å². The molecule has 0 saturated carbocycles. The molecule has 0 aliphatic rings. The fraction of sp³-hybridized carbons (Fsp3) is 0.480. The Morgan fingerprint density at radius 3 is 1.97 bits per heavy atom. The zero-order valence-corrected chi connectivity index (χ0v) is 19.5. The molecule has 0 aliphatic heterocycles. The quantitative estimate of drug-likeness (QED) is 0.466. The summed E-state index contributed by atoms with van der Waals surface area (Å²) in [5.74, 6) is 2.60. The number of hydrogen-bond donors (Lipinski definition) is 1. The normalized spacial score (nSPS) is 12.7. The molecule has 0 saturated heterocycles. The number of carbonyl (C=O) groups is 1. The van der Waals surface area contributed by atoms with Crippen molar-refractivity contribution in [3.63, 3.8) is 0 Å². The number of nitrogens with one attached hydrogen (secondary N) is 1. The fourth-order valence-corrected chi connectivity index (χ4v) is 3.84. The van der Waals surface area contributed by atoms with Crippen molar-refractivity contribution in [2.24, 2.45) is 0 Å². The van der Waals surface area contributed by atoms with Gasteiger partial charge in [-0.25, -0.2) is 0 Å². The summed E-state index contributed by atoms with van der Waals surface area (Å²) in [7, 11) is 8.27. The maximum absolute atomic E-state index is 13.7. The van der Waals surface area contributed by atoms with E-state index in [4.69, 9.17) is 18.9 Å². The molecule has 0 amide bonds. The van der Waals surface area contributed by atoms with E-state index < -0.39 is 5.54 Å². The third-order valence-electron chi connectivity index (χ3n) is 5.80. The van der Waals surface area contributed by atoms with Crippen LogP contribution < -0.4 is 24.3 Å². The van der Waals surface area contributed by atoms with Gasteiger partial charge >= 0.3 is 0 Å². The Balaban J connectivity index is 2.34. The molecule has 0 spiro atoms. The number of likely N-dealkylation sites (N-methyl/N-ethyl adjacent to an activating group) is 1. The van der Waals surface area contributed by atoms with E-state index in [0.717, 1.165) is 31.2 Å². The maximum Gasteiger partial charge on any atom is 0.182 e. The summed E-state index contributed by atoms with van der Waals surface area (Å²) in [5.41, 5.74) is 1.02. The van der Waals surface area contributed by atoms with Crippen molar-refractivity contribution in [2.45, 2.75) is 44.6 Å². The van der Waals surface area contributed by atoms with Crippen molar-refractivity contribution < 1.29 is 23.7 Å². The van der Waals surface area contributed by atoms with Gasteiger partial charge in [0.25, 0.3) is 0 Å². The Bertz CT molecular complexity index is 867. The molecule has 31 heavy (non-hydrogen) atoms. The minimum Gasteiger partial charge on any atom is -0.493 e. The second kappa shape index (κ2) is 11.6. The molecule has 0 heterocycles. The molecule has 2 aromatic carbocycles. The molecule has 170 valence electrons. The summed E-state index contributed by atoms with van der Waals surface area (Å²) in [4.78, 5) is 13.7. The van der Waals surface area contributed by atoms with Gasteiger partial charge in [0.05, 0.1) is 34.0 Å². The molecule has 2 rings (SSSR count). The van der Waals surface area contributed by atoms with Crippen LogP contribution in [0.3, 0.4) is 0 Å². The first-order valence-corrected chi connectivity index (χ1v) is 10.6. The van der Waals surface area contributed by atoms with Gasteiger partial charge in [0.2, 0.25) is 0 Å². The molecule has 6 heteroatoms. The van der Waals surface area contributed by atoms with Crippen LogP contribution in [0, 0.1) is 0 Å². The molecular weight excluding hydrogens is 394 g/mol. The van der Waals surface area contributed by atoms with Crippen molar-refractivity contribution >= 4 is 5.78 Å². The molecule has 1 unspecified atom stereocenters. The van der Waals surface area contributed by atoms with Gasteiger partial charge in [0.15, 0.2) is 28.8 Å². The molecule has 2 aromatic rings. The fourth-order valence-electron chi connectivity index (χ4n) is 3.84. The second-order valence-corrected chi connectivity index (χ2v) is 7.52. The zero-order chi connectivity index (χ0) is 22.9. The van der Waals surface area contributed by atoms with Crippen LogP contribution in [0.25, 0.3) is 0 Å². The van der Waals surface area contributed by atoms with Crippen molar-refractivity contribution in [3.8, 4) is 23.0 Å². The molecule has 0 bridgehead atoms. The van der Waals surface area contributed by atoms with Crippen LogP contribution in [0.4, 0.5) is 0 Å². The average Bonchev–Trinajstić information content (AvgIpc) is 2.83. The third-order valence-corrected chi connectivity index (χ3v) is 5.80. The van der Waals surface area contributed by atoms with Gasteiger partial charge in [-0.2, -0.15) is 0 Å². The number of ketones is 1. The summed E-state index contributed by atoms with van der Waals surface area (Å²) in [6, 6.07) is 11.2. The minimum atomic E-state index is -0.678. The molecule has 1 N–H and O–H groups in total. The van der Waals surface area contributed by atoms with Gasteiger partial charge < -0.3 is 24.3 Å². The van der Waals surface area contributed by atoms with Crippen LogP contribution >= 0.6 is 0 Å². The number of hydrogen-bond acceptors (Lipinski definition) is 6. The summed E-state index contributed by atoms with van der Waals surface area (Å²) in [6.07, 6.45) is 4.10. The van der Waals surface area contributed by atoms with Crippen LogP contribution in [-0.2, 0) is 6.42 Å². The number of Topliss-reactive ketones (excluding diaryl/α,β-unsaturated/α-hetero) is 1. The van der Waals surface area contributed by atoms with Crippen molar-refractivity contribution in [2.75, 3.05) is 35.5 Å². The number of rotatable bonds is 13. The Morgan fingerprint density at radius 1 is 0.839 bits per heavy atom. The van der Waals surface area contributed by atoms with Crippen LogP contribution in [-0.4, -0.2) is 46.8 Å². The second-order valence-electron chi connectivity index (χ2n) is 7.52. The van der Waals surface area contributed by atoms with Crippen molar-refractivity contribution in [3.05, 3.63) is 47.5 Å². The standard InChI is InChI=1S/C25H35NO5/c1-7-8-14-25(26-2,15-13-18-9-11-20(28-3)22(16-18)30-5)24(27)19-10-12-21(29-4)23(17-19)31-6/h9-12,16-17,26H,7-8,13-15H2,1-6H3. The van der Waals surface area contributed by atoms with Gasteiger partial charge in [-0.05, 0) is 62.2 Å². The van der Waals surface area contributed by atoms with Gasteiger partial charge in [-0.3, -0.25) is 4.79 Å². The van der Waals surface area contributed by atoms with Crippen LogP contribution in [0.1, 0.15) is 48.5 Å². The molecule has 0 aromatic heterocycles. The largest absolute Gasteiger partial charge is 0.493 e. The number of aryl methyl sites for hydroxylation is 1. The molecule has 0 radical (unpaired) electrons. The maximum atomic E-state index is 13.7. The van der Waals surface area contributed by atoms with Crippen LogP contribution in [0.5, 0.6) is 23.0 Å². The number of methoxy groups -OCH3 is 4. The highest BCUT2D eigenvalue weighted by atomic mass is 16.5. The number of ether oxygens (including phenoxy) is 4. The first-order chi connectivity index (χ1) is 15.0. The van der Waals surface area contributed by atoms with Crippen molar-refractivity contribution in [1.82, 2.24) is 5.32 Å². The highest BCUT2D eigenvalue weighted by Gasteiger charge is 2.36. The van der Waals surface area contributed by atoms with E-state index in [1.807, 2.05) is 25.2 Å². The van der Waals surface area contributed by atoms with E-state index in [2.05, 4.69) is 12.2 Å². The zero-order valence-electron chi connectivity index (χ0n) is 19.5. The Kier molecular flexibility index (Phi) is 9.19. The smallest absolute Gasteiger partial charge is 0.182 e. The number of unbranched alkanes of at least 4 members (excludes halogenated alkanes) is 1. The highest BCUT2D eigenvalue weighted by molar-refractivity contribution is 6.03. The summed E-state index contributed by atoms with van der Waals surface area (Å²) in [5, 5.41) is 3.36. The van der Waals surface area contributed by atoms with E-state index in [0.29, 0.717) is 35.0 Å². The van der Waals surface area contributed by atoms with Crippen LogP contribution in [0.15, 0.2) is 36.4 Å². The monoisotopic (exact) mass is 429 g/mol. The first kappa shape index (κ1) is 24.5. The van der Waals surface area contributed by atoms with E-state index >= 15 is 0 Å². The number of carbonyl (C=O) groups excluding carboxylic acids is 1. The first-order valence-electron chi connectivity index (χ1n) is 10.6. The van der Waals surface area contributed by atoms with Gasteiger partial charge in [0, 0.05) is 5.56 Å². The minimum absolute atomic E-state index is 0.0601. The lowest BCUT2D eigenvalue weighted by Crippen LogP contribution is -2.50. The summed E-state index contributed by atoms with van der Waals surface area (Å²) < 4.78 is 21.5. The Morgan fingerprint density at radius 2 is 1.42 bits per heavy atom. The lowest BCUT2D eigenvalue weighted by Gasteiger charge is -2.33. The molecule has 1 atom stereocenters. The highest BCUT2D eigenvalue weighted by Crippen LogP contribution is 2.33. The lowest BCUT2D eigenvalue weighted by atomic mass is 9.80. The van der Waals surface area contributed by atoms with E-state index in [-0.39, 0.29) is 5.78 Å². The Hall–Kier alpha value is -2.73. The molecular formula is C25H35NO5. The Labute approximate surface area is 185 Å². The predicted octanol–water partition coefficient (Wildman–Crippen LogP) is 4.68. The molecule has 0 fully saturated rings. The molecule has 0 aliphatic carbocycles. The summed E-state index contributed by atoms with van der Waals surface area (Å²) >= 11 is 0. The SMILES string of the molecule is CCCCC(CCc1ccc(OC)c(OC)c1)(NC)C(=O)c1ccc(OC)c(OC)c1. The topological polar surface area (TPSA) is 66.0 Å². The number of benzene rings is 2. The van der Waals surface area contributed by atoms with Gasteiger partial charge in [0.1, 0.15) is 0 Å².